The second kappa shape index (κ2) is 14.1. The van der Waals surface area contributed by atoms with E-state index >= 15 is 0 Å². The summed E-state index contributed by atoms with van der Waals surface area (Å²) in [6, 6.07) is 8.71. The molecule has 0 bridgehead atoms. The van der Waals surface area contributed by atoms with Crippen LogP contribution in [0.15, 0.2) is 29.3 Å². The number of hydrogen-bond donors (Lipinski definition) is 2. The zero-order chi connectivity index (χ0) is 20.3. The number of halogens is 1. The molecule has 2 aliphatic rings. The second-order valence-corrected chi connectivity index (χ2v) is 7.64. The third-order valence-corrected chi connectivity index (χ3v) is 5.65. The molecule has 0 aliphatic carbocycles. The molecule has 30 heavy (non-hydrogen) atoms. The van der Waals surface area contributed by atoms with Gasteiger partial charge in [-0.05, 0) is 50.6 Å². The Kier molecular flexibility index (Phi) is 11.8. The van der Waals surface area contributed by atoms with Crippen LogP contribution in [0.2, 0.25) is 0 Å². The Morgan fingerprint density at radius 2 is 1.93 bits per heavy atom. The highest BCUT2D eigenvalue weighted by Crippen LogP contribution is 2.27. The summed E-state index contributed by atoms with van der Waals surface area (Å²) in [6.45, 7) is 11.6. The number of rotatable bonds is 9. The minimum Gasteiger partial charge on any atom is -0.497 e. The van der Waals surface area contributed by atoms with E-state index in [1.807, 2.05) is 6.07 Å². The van der Waals surface area contributed by atoms with Crippen molar-refractivity contribution in [2.75, 3.05) is 72.7 Å². The summed E-state index contributed by atoms with van der Waals surface area (Å²) in [5.41, 5.74) is 1.28. The van der Waals surface area contributed by atoms with Gasteiger partial charge in [-0.25, -0.2) is 0 Å². The number of nitrogens with zero attached hydrogens (tertiary/aromatic N) is 3. The topological polar surface area (TPSA) is 61.4 Å². The molecule has 2 aliphatic heterocycles. The minimum absolute atomic E-state index is 0. The predicted molar refractivity (Wildman–Crippen MR) is 133 cm³/mol. The first-order valence-corrected chi connectivity index (χ1v) is 11.0. The number of likely N-dealkylation sites (tertiary alicyclic amines) is 1. The molecule has 1 atom stereocenters. The standard InChI is InChI=1S/C22H37N5O2.HI/c1-3-23-22(24-9-12-26-13-15-29-16-14-26)25-18-21(27-10-4-5-11-27)19-7-6-8-20(17-19)28-2;/h6-8,17,21H,3-5,9-16,18H2,1-2H3,(H2,23,24,25);1H. The molecule has 1 aromatic carbocycles. The molecule has 170 valence electrons. The van der Waals surface area contributed by atoms with Gasteiger partial charge in [-0.15, -0.1) is 24.0 Å². The number of hydrogen-bond acceptors (Lipinski definition) is 5. The van der Waals surface area contributed by atoms with Crippen LogP contribution < -0.4 is 15.4 Å². The van der Waals surface area contributed by atoms with Crippen molar-refractivity contribution >= 4 is 29.9 Å². The molecule has 0 saturated carbocycles. The van der Waals surface area contributed by atoms with Crippen LogP contribution in [0, 0.1) is 0 Å². The zero-order valence-corrected chi connectivity index (χ0v) is 20.8. The van der Waals surface area contributed by atoms with Crippen LogP contribution in [0.3, 0.4) is 0 Å². The van der Waals surface area contributed by atoms with E-state index in [0.717, 1.165) is 77.3 Å². The fraction of sp³-hybridized carbons (Fsp3) is 0.682. The molecule has 8 heteroatoms. The Morgan fingerprint density at radius 1 is 1.17 bits per heavy atom. The maximum absolute atomic E-state index is 5.45. The summed E-state index contributed by atoms with van der Waals surface area (Å²) in [4.78, 5) is 9.93. The average Bonchev–Trinajstić information content (AvgIpc) is 3.29. The molecule has 2 N–H and O–H groups in total. The SMILES string of the molecule is CCNC(=NCC(c1cccc(OC)c1)N1CCCC1)NCCN1CCOCC1.I. The van der Waals surface area contributed by atoms with E-state index < -0.39 is 0 Å². The lowest BCUT2D eigenvalue weighted by Gasteiger charge is -2.28. The van der Waals surface area contributed by atoms with Crippen LogP contribution in [0.4, 0.5) is 0 Å². The quantitative estimate of drug-likeness (QED) is 0.290. The van der Waals surface area contributed by atoms with E-state index in [1.165, 1.54) is 18.4 Å². The lowest BCUT2D eigenvalue weighted by Crippen LogP contribution is -2.44. The van der Waals surface area contributed by atoms with Crippen molar-refractivity contribution in [1.29, 1.82) is 0 Å². The highest BCUT2D eigenvalue weighted by Gasteiger charge is 2.23. The number of ether oxygens (including phenoxy) is 2. The van der Waals surface area contributed by atoms with Crippen molar-refractivity contribution in [3.63, 3.8) is 0 Å². The summed E-state index contributed by atoms with van der Waals surface area (Å²) in [5, 5.41) is 6.89. The summed E-state index contributed by atoms with van der Waals surface area (Å²) in [6.07, 6.45) is 2.53. The molecule has 2 fully saturated rings. The molecule has 0 spiro atoms. The van der Waals surface area contributed by atoms with Gasteiger partial charge in [0.05, 0.1) is 32.9 Å². The third kappa shape index (κ3) is 7.86. The van der Waals surface area contributed by atoms with Gasteiger partial charge >= 0.3 is 0 Å². The monoisotopic (exact) mass is 531 g/mol. The van der Waals surface area contributed by atoms with Crippen molar-refractivity contribution in [3.8, 4) is 5.75 Å². The number of morpholine rings is 1. The highest BCUT2D eigenvalue weighted by atomic mass is 127. The number of aliphatic imine (C=N–C) groups is 1. The van der Waals surface area contributed by atoms with Gasteiger partial charge in [-0.3, -0.25) is 14.8 Å². The molecule has 1 aromatic rings. The lowest BCUT2D eigenvalue weighted by atomic mass is 10.1. The number of methoxy groups -OCH3 is 1. The van der Waals surface area contributed by atoms with E-state index in [9.17, 15) is 0 Å². The molecular formula is C22H38IN5O2. The van der Waals surface area contributed by atoms with E-state index in [1.54, 1.807) is 7.11 Å². The molecule has 0 amide bonds. The Morgan fingerprint density at radius 3 is 2.63 bits per heavy atom. The van der Waals surface area contributed by atoms with Crippen LogP contribution in [0.25, 0.3) is 0 Å². The molecule has 2 saturated heterocycles. The number of nitrogens with one attached hydrogen (secondary N) is 2. The highest BCUT2D eigenvalue weighted by molar-refractivity contribution is 14.0. The molecule has 2 heterocycles. The van der Waals surface area contributed by atoms with Crippen LogP contribution in [0.5, 0.6) is 5.75 Å². The zero-order valence-electron chi connectivity index (χ0n) is 18.4. The molecule has 3 rings (SSSR count). The Bertz CT molecular complexity index is 634. The van der Waals surface area contributed by atoms with Crippen LogP contribution in [-0.4, -0.2) is 88.4 Å². The van der Waals surface area contributed by atoms with Crippen molar-refractivity contribution < 1.29 is 9.47 Å². The van der Waals surface area contributed by atoms with Gasteiger partial charge in [0.25, 0.3) is 0 Å². The Balaban J connectivity index is 0.00000320. The average molecular weight is 531 g/mol. The Labute approximate surface area is 198 Å². The van der Waals surface area contributed by atoms with E-state index in [0.29, 0.717) is 0 Å². The maximum Gasteiger partial charge on any atom is 0.191 e. The van der Waals surface area contributed by atoms with E-state index in [2.05, 4.69) is 45.6 Å². The first kappa shape index (κ1) is 25.2. The number of guanidine groups is 1. The van der Waals surface area contributed by atoms with E-state index in [-0.39, 0.29) is 30.0 Å². The predicted octanol–water partition coefficient (Wildman–Crippen LogP) is 2.34. The molecule has 0 radical (unpaired) electrons. The fourth-order valence-electron chi connectivity index (χ4n) is 4.01. The molecule has 7 nitrogen and oxygen atoms in total. The van der Waals surface area contributed by atoms with Gasteiger partial charge in [-0.2, -0.15) is 0 Å². The molecular weight excluding hydrogens is 493 g/mol. The number of benzene rings is 1. The van der Waals surface area contributed by atoms with Crippen LogP contribution in [0.1, 0.15) is 31.4 Å². The van der Waals surface area contributed by atoms with E-state index in [4.69, 9.17) is 14.5 Å². The van der Waals surface area contributed by atoms with Gasteiger partial charge in [0.15, 0.2) is 5.96 Å². The normalized spacial score (nSPS) is 19.2. The van der Waals surface area contributed by atoms with Crippen molar-refractivity contribution in [2.45, 2.75) is 25.8 Å². The fourth-order valence-corrected chi connectivity index (χ4v) is 4.01. The first-order chi connectivity index (χ1) is 14.3. The van der Waals surface area contributed by atoms with Crippen LogP contribution in [-0.2, 0) is 4.74 Å². The summed E-state index contributed by atoms with van der Waals surface area (Å²) in [7, 11) is 1.73. The molecule has 1 unspecified atom stereocenters. The van der Waals surface area contributed by atoms with Gasteiger partial charge in [0, 0.05) is 32.7 Å². The third-order valence-electron chi connectivity index (χ3n) is 5.65. The summed E-state index contributed by atoms with van der Waals surface area (Å²) < 4.78 is 10.9. The van der Waals surface area contributed by atoms with Gasteiger partial charge in [-0.1, -0.05) is 12.1 Å². The van der Waals surface area contributed by atoms with Crippen molar-refractivity contribution in [3.05, 3.63) is 29.8 Å². The Hall–Kier alpha value is -1.10. The minimum atomic E-state index is 0. The van der Waals surface area contributed by atoms with Crippen molar-refractivity contribution in [2.24, 2.45) is 4.99 Å². The van der Waals surface area contributed by atoms with Gasteiger partial charge in [0.2, 0.25) is 0 Å². The lowest BCUT2D eigenvalue weighted by molar-refractivity contribution is 0.0389. The van der Waals surface area contributed by atoms with Crippen LogP contribution >= 0.6 is 24.0 Å². The maximum atomic E-state index is 5.45. The van der Waals surface area contributed by atoms with Crippen molar-refractivity contribution in [1.82, 2.24) is 20.4 Å². The first-order valence-electron chi connectivity index (χ1n) is 11.0. The second-order valence-electron chi connectivity index (χ2n) is 7.64. The molecule has 0 aromatic heterocycles. The largest absolute Gasteiger partial charge is 0.497 e. The van der Waals surface area contributed by atoms with Gasteiger partial charge in [0.1, 0.15) is 5.75 Å². The smallest absolute Gasteiger partial charge is 0.191 e. The summed E-state index contributed by atoms with van der Waals surface area (Å²) >= 11 is 0. The van der Waals surface area contributed by atoms with Gasteiger partial charge < -0.3 is 20.1 Å². The summed E-state index contributed by atoms with van der Waals surface area (Å²) in [5.74, 6) is 1.80.